The molecule has 0 saturated carbocycles. The molecule has 0 aliphatic heterocycles. The molecule has 0 atom stereocenters. The maximum absolute atomic E-state index is 6.45. The Bertz CT molecular complexity index is 1990. The Balaban J connectivity index is 1.59. The number of imidazole rings is 1. The lowest BCUT2D eigenvalue weighted by Crippen LogP contribution is -2.09. The average Bonchev–Trinajstić information content (AvgIpc) is 3.55. The van der Waals surface area contributed by atoms with E-state index in [-0.39, 0.29) is 11.8 Å². The van der Waals surface area contributed by atoms with Crippen molar-refractivity contribution in [2.75, 3.05) is 0 Å². The summed E-state index contributed by atoms with van der Waals surface area (Å²) in [6.07, 6.45) is 1.76. The van der Waals surface area contributed by atoms with Crippen molar-refractivity contribution in [1.29, 1.82) is 0 Å². The van der Waals surface area contributed by atoms with Gasteiger partial charge in [0.2, 0.25) is 5.65 Å². The molecule has 0 spiro atoms. The van der Waals surface area contributed by atoms with E-state index >= 15 is 0 Å². The SMILES string of the molecule is CC(C)c1cc(-c2ccccc2)cc(C(C)C)c1-n1c(-c2cccc3c2oc2ccccc23)nc2nnncc21. The van der Waals surface area contributed by atoms with Crippen molar-refractivity contribution < 1.29 is 4.42 Å². The summed E-state index contributed by atoms with van der Waals surface area (Å²) < 4.78 is 8.67. The zero-order chi connectivity index (χ0) is 27.4. The maximum Gasteiger partial charge on any atom is 0.204 e. The van der Waals surface area contributed by atoms with Gasteiger partial charge in [-0.05, 0) is 63.6 Å². The van der Waals surface area contributed by atoms with E-state index in [9.17, 15) is 0 Å². The number of furan rings is 1. The maximum atomic E-state index is 6.45. The van der Waals surface area contributed by atoms with Crippen LogP contribution in [-0.4, -0.2) is 25.0 Å². The number of rotatable bonds is 5. The van der Waals surface area contributed by atoms with Gasteiger partial charge in [-0.25, -0.2) is 4.98 Å². The highest BCUT2D eigenvalue weighted by molar-refractivity contribution is 6.09. The van der Waals surface area contributed by atoms with Crippen LogP contribution in [-0.2, 0) is 0 Å². The van der Waals surface area contributed by atoms with Crippen molar-refractivity contribution in [1.82, 2.24) is 25.0 Å². The van der Waals surface area contributed by atoms with Gasteiger partial charge < -0.3 is 4.42 Å². The van der Waals surface area contributed by atoms with Crippen LogP contribution in [0.15, 0.2) is 95.5 Å². The van der Waals surface area contributed by atoms with Gasteiger partial charge in [0.1, 0.15) is 16.7 Å². The lowest BCUT2D eigenvalue weighted by atomic mass is 9.88. The number of nitrogens with zero attached hydrogens (tertiary/aromatic N) is 5. The first-order valence-corrected chi connectivity index (χ1v) is 13.7. The Morgan fingerprint density at radius 3 is 2.17 bits per heavy atom. The van der Waals surface area contributed by atoms with Gasteiger partial charge in [0.05, 0.1) is 17.4 Å². The number of hydrogen-bond acceptors (Lipinski definition) is 5. The van der Waals surface area contributed by atoms with E-state index in [0.29, 0.717) is 5.65 Å². The van der Waals surface area contributed by atoms with Crippen LogP contribution in [0.4, 0.5) is 0 Å². The van der Waals surface area contributed by atoms with Gasteiger partial charge in [-0.1, -0.05) is 88.4 Å². The van der Waals surface area contributed by atoms with Gasteiger partial charge in [-0.2, -0.15) is 0 Å². The zero-order valence-corrected chi connectivity index (χ0v) is 23.0. The molecule has 0 unspecified atom stereocenters. The Morgan fingerprint density at radius 1 is 0.725 bits per heavy atom. The molecule has 7 rings (SSSR count). The molecule has 0 bridgehead atoms. The summed E-state index contributed by atoms with van der Waals surface area (Å²) in [5.41, 5.74) is 9.93. The van der Waals surface area contributed by atoms with Crippen LogP contribution in [0, 0.1) is 0 Å². The number of fused-ring (bicyclic) bond motifs is 4. The third-order valence-electron chi connectivity index (χ3n) is 7.65. The lowest BCUT2D eigenvalue weighted by molar-refractivity contribution is 0.669. The van der Waals surface area contributed by atoms with E-state index in [2.05, 4.69) is 114 Å². The Hall–Kier alpha value is -4.84. The molecule has 0 N–H and O–H groups in total. The van der Waals surface area contributed by atoms with Crippen molar-refractivity contribution >= 4 is 33.1 Å². The fraction of sp³-hybridized carbons (Fsp3) is 0.176. The summed E-state index contributed by atoms with van der Waals surface area (Å²) in [6, 6.07) is 29.6. The minimum Gasteiger partial charge on any atom is -0.455 e. The second kappa shape index (κ2) is 9.42. The van der Waals surface area contributed by atoms with E-state index in [4.69, 9.17) is 9.40 Å². The number of aromatic nitrogens is 5. The molecule has 3 aromatic heterocycles. The van der Waals surface area contributed by atoms with Crippen LogP contribution in [0.1, 0.15) is 50.7 Å². The molecule has 6 heteroatoms. The molecule has 4 aromatic carbocycles. The van der Waals surface area contributed by atoms with Crippen molar-refractivity contribution in [3.8, 4) is 28.2 Å². The highest BCUT2D eigenvalue weighted by atomic mass is 16.3. The largest absolute Gasteiger partial charge is 0.455 e. The first-order chi connectivity index (χ1) is 19.5. The van der Waals surface area contributed by atoms with Crippen molar-refractivity contribution in [3.05, 3.63) is 102 Å². The molecule has 196 valence electrons. The zero-order valence-electron chi connectivity index (χ0n) is 23.0. The molecule has 40 heavy (non-hydrogen) atoms. The topological polar surface area (TPSA) is 69.6 Å². The molecule has 3 heterocycles. The third-order valence-corrected chi connectivity index (χ3v) is 7.65. The molecule has 6 nitrogen and oxygen atoms in total. The minimum absolute atomic E-state index is 0.256. The molecule has 0 saturated heterocycles. The van der Waals surface area contributed by atoms with E-state index in [1.807, 2.05) is 18.2 Å². The fourth-order valence-corrected chi connectivity index (χ4v) is 5.71. The number of hydrogen-bond donors (Lipinski definition) is 0. The average molecular weight is 524 g/mol. The lowest BCUT2D eigenvalue weighted by Gasteiger charge is -2.24. The Labute approximate surface area is 232 Å². The van der Waals surface area contributed by atoms with Gasteiger partial charge in [0.25, 0.3) is 0 Å². The van der Waals surface area contributed by atoms with Gasteiger partial charge in [-0.15, -0.1) is 10.2 Å². The summed E-state index contributed by atoms with van der Waals surface area (Å²) in [4.78, 5) is 5.05. The van der Waals surface area contributed by atoms with Gasteiger partial charge in [0, 0.05) is 10.8 Å². The molecule has 0 amide bonds. The quantitative estimate of drug-likeness (QED) is 0.226. The molecule has 0 radical (unpaired) electrons. The molecule has 7 aromatic rings. The summed E-state index contributed by atoms with van der Waals surface area (Å²) in [6.45, 7) is 8.98. The van der Waals surface area contributed by atoms with Gasteiger partial charge in [-0.3, -0.25) is 4.57 Å². The van der Waals surface area contributed by atoms with Crippen LogP contribution >= 0.6 is 0 Å². The van der Waals surface area contributed by atoms with Crippen LogP contribution < -0.4 is 0 Å². The van der Waals surface area contributed by atoms with Crippen LogP contribution in [0.25, 0.3) is 61.3 Å². The Kier molecular flexibility index (Phi) is 5.70. The van der Waals surface area contributed by atoms with Gasteiger partial charge in [0.15, 0.2) is 5.82 Å². The first kappa shape index (κ1) is 24.2. The highest BCUT2D eigenvalue weighted by Crippen LogP contribution is 2.42. The second-order valence-corrected chi connectivity index (χ2v) is 10.9. The molecule has 0 fully saturated rings. The number of para-hydroxylation sites is 2. The summed E-state index contributed by atoms with van der Waals surface area (Å²) >= 11 is 0. The van der Waals surface area contributed by atoms with E-state index in [1.165, 1.54) is 22.3 Å². The summed E-state index contributed by atoms with van der Waals surface area (Å²) in [5.74, 6) is 1.27. The predicted octanol–water partition coefficient (Wildman–Crippen LogP) is 8.69. The second-order valence-electron chi connectivity index (χ2n) is 10.9. The standard InChI is InChI=1S/C34H29N5O/c1-20(2)27-17-23(22-11-6-5-7-12-22)18-28(21(3)4)31(27)39-29-19-35-38-37-33(29)36-34(39)26-15-10-14-25-24-13-8-9-16-30(24)40-32(25)26/h5-21H,1-4H3. The van der Waals surface area contributed by atoms with E-state index in [0.717, 1.165) is 44.5 Å². The molecular weight excluding hydrogens is 494 g/mol. The van der Waals surface area contributed by atoms with Crippen LogP contribution in [0.2, 0.25) is 0 Å². The molecule has 0 aliphatic rings. The monoisotopic (exact) mass is 523 g/mol. The highest BCUT2D eigenvalue weighted by Gasteiger charge is 2.26. The van der Waals surface area contributed by atoms with Crippen molar-refractivity contribution in [2.24, 2.45) is 0 Å². The molecular formula is C34H29N5O. The molecule has 0 aliphatic carbocycles. The van der Waals surface area contributed by atoms with Gasteiger partial charge >= 0.3 is 0 Å². The third kappa shape index (κ3) is 3.79. The summed E-state index contributed by atoms with van der Waals surface area (Å²) in [5, 5.41) is 14.6. The number of benzene rings is 4. The Morgan fingerprint density at radius 2 is 1.43 bits per heavy atom. The first-order valence-electron chi connectivity index (χ1n) is 13.7. The van der Waals surface area contributed by atoms with E-state index in [1.54, 1.807) is 6.20 Å². The summed E-state index contributed by atoms with van der Waals surface area (Å²) in [7, 11) is 0. The van der Waals surface area contributed by atoms with Crippen LogP contribution in [0.5, 0.6) is 0 Å². The fourth-order valence-electron chi connectivity index (χ4n) is 5.71. The minimum atomic E-state index is 0.256. The van der Waals surface area contributed by atoms with Crippen molar-refractivity contribution in [2.45, 2.75) is 39.5 Å². The smallest absolute Gasteiger partial charge is 0.204 e. The van der Waals surface area contributed by atoms with Crippen molar-refractivity contribution in [3.63, 3.8) is 0 Å². The van der Waals surface area contributed by atoms with Crippen LogP contribution in [0.3, 0.4) is 0 Å². The van der Waals surface area contributed by atoms with E-state index < -0.39 is 0 Å². The normalized spacial score (nSPS) is 11.9. The predicted molar refractivity (Wildman–Crippen MR) is 161 cm³/mol.